The number of carbonyl (C=O) groups is 4. The van der Waals surface area contributed by atoms with Crippen molar-refractivity contribution in [3.63, 3.8) is 0 Å². The molecule has 0 spiro atoms. The summed E-state index contributed by atoms with van der Waals surface area (Å²) >= 11 is 0. The highest BCUT2D eigenvalue weighted by molar-refractivity contribution is 5.86. The zero-order valence-electron chi connectivity index (χ0n) is 18.5. The fourth-order valence-electron chi connectivity index (χ4n) is 2.72. The third-order valence-corrected chi connectivity index (χ3v) is 4.37. The predicted octanol–water partition coefficient (Wildman–Crippen LogP) is 2.19. The topological polar surface area (TPSA) is 132 Å². The van der Waals surface area contributed by atoms with Crippen molar-refractivity contribution in [3.8, 4) is 0 Å². The molecule has 0 unspecified atom stereocenters. The molecule has 3 N–H and O–H groups in total. The SMILES string of the molecule is CCOC(=O)CNC(=O)N[C@@H](C(=O)OC)c1ccc(CNC(=O)OCc2ccccc2)cc1. The van der Waals surface area contributed by atoms with Gasteiger partial charge in [0.15, 0.2) is 6.04 Å². The van der Waals surface area contributed by atoms with Crippen LogP contribution in [0, 0.1) is 0 Å². The van der Waals surface area contributed by atoms with Gasteiger partial charge in [-0.3, -0.25) is 4.79 Å². The molecule has 33 heavy (non-hydrogen) atoms. The van der Waals surface area contributed by atoms with E-state index in [2.05, 4.69) is 16.0 Å². The molecule has 0 aliphatic carbocycles. The van der Waals surface area contributed by atoms with Crippen LogP contribution >= 0.6 is 0 Å². The Morgan fingerprint density at radius 2 is 1.58 bits per heavy atom. The van der Waals surface area contributed by atoms with Gasteiger partial charge < -0.3 is 30.2 Å². The van der Waals surface area contributed by atoms with Gasteiger partial charge in [-0.05, 0) is 23.6 Å². The Kier molecular flexibility index (Phi) is 10.2. The molecule has 176 valence electrons. The summed E-state index contributed by atoms with van der Waals surface area (Å²) in [6.45, 7) is 1.89. The molecule has 10 nitrogen and oxygen atoms in total. The molecule has 0 aliphatic rings. The number of alkyl carbamates (subject to hydrolysis) is 1. The van der Waals surface area contributed by atoms with Crippen molar-refractivity contribution >= 4 is 24.1 Å². The van der Waals surface area contributed by atoms with E-state index in [1.807, 2.05) is 30.3 Å². The van der Waals surface area contributed by atoms with Gasteiger partial charge in [-0.15, -0.1) is 0 Å². The Bertz CT molecular complexity index is 933. The summed E-state index contributed by atoms with van der Waals surface area (Å²) in [5.41, 5.74) is 2.10. The molecule has 0 fully saturated rings. The van der Waals surface area contributed by atoms with Gasteiger partial charge in [-0.1, -0.05) is 54.6 Å². The third-order valence-electron chi connectivity index (χ3n) is 4.37. The first-order valence-electron chi connectivity index (χ1n) is 10.2. The van der Waals surface area contributed by atoms with Gasteiger partial charge in [0.1, 0.15) is 13.2 Å². The van der Waals surface area contributed by atoms with E-state index in [-0.39, 0.29) is 26.3 Å². The molecule has 0 radical (unpaired) electrons. The molecule has 1 atom stereocenters. The monoisotopic (exact) mass is 457 g/mol. The number of nitrogens with one attached hydrogen (secondary N) is 3. The first kappa shape index (κ1) is 25.2. The Balaban J connectivity index is 1.88. The lowest BCUT2D eigenvalue weighted by atomic mass is 10.0. The normalized spacial score (nSPS) is 11.0. The second kappa shape index (κ2) is 13.4. The molecule has 0 aromatic heterocycles. The third kappa shape index (κ3) is 8.90. The fraction of sp³-hybridized carbons (Fsp3) is 0.304. The van der Waals surface area contributed by atoms with Crippen molar-refractivity contribution in [1.82, 2.24) is 16.0 Å². The number of amides is 3. The average Bonchev–Trinajstić information content (AvgIpc) is 2.84. The Morgan fingerprint density at radius 3 is 2.21 bits per heavy atom. The molecule has 0 bridgehead atoms. The van der Waals surface area contributed by atoms with Crippen LogP contribution in [0.2, 0.25) is 0 Å². The number of urea groups is 1. The molecule has 2 aromatic carbocycles. The van der Waals surface area contributed by atoms with Crippen LogP contribution in [-0.4, -0.2) is 44.3 Å². The maximum absolute atomic E-state index is 12.1. The molecule has 2 rings (SSSR count). The van der Waals surface area contributed by atoms with E-state index in [0.717, 1.165) is 11.1 Å². The number of carbonyl (C=O) groups excluding carboxylic acids is 4. The van der Waals surface area contributed by atoms with Crippen molar-refractivity contribution < 1.29 is 33.4 Å². The second-order valence-corrected chi connectivity index (χ2v) is 6.75. The Labute approximate surface area is 191 Å². The van der Waals surface area contributed by atoms with E-state index in [1.165, 1.54) is 7.11 Å². The number of benzene rings is 2. The van der Waals surface area contributed by atoms with E-state index in [0.29, 0.717) is 5.56 Å². The van der Waals surface area contributed by atoms with Crippen LogP contribution in [0.3, 0.4) is 0 Å². The fourth-order valence-corrected chi connectivity index (χ4v) is 2.72. The van der Waals surface area contributed by atoms with Crippen LogP contribution in [0.1, 0.15) is 29.7 Å². The maximum atomic E-state index is 12.1. The van der Waals surface area contributed by atoms with Crippen molar-refractivity contribution in [2.75, 3.05) is 20.3 Å². The standard InChI is InChI=1S/C23H27N3O7/c1-3-32-19(27)14-24-22(29)26-20(21(28)31-2)18-11-9-16(10-12-18)13-25-23(30)33-15-17-7-5-4-6-8-17/h4-12,20H,3,13-15H2,1-2H3,(H,25,30)(H2,24,26,29)/t20-/m1/s1. The average molecular weight is 457 g/mol. The lowest BCUT2D eigenvalue weighted by Crippen LogP contribution is -2.43. The van der Waals surface area contributed by atoms with Crippen molar-refractivity contribution in [2.45, 2.75) is 26.1 Å². The Hall–Kier alpha value is -4.08. The molecule has 0 saturated carbocycles. The molecular formula is C23H27N3O7. The zero-order valence-corrected chi connectivity index (χ0v) is 18.5. The summed E-state index contributed by atoms with van der Waals surface area (Å²) < 4.78 is 14.6. The second-order valence-electron chi connectivity index (χ2n) is 6.75. The zero-order chi connectivity index (χ0) is 24.1. The lowest BCUT2D eigenvalue weighted by Gasteiger charge is -2.17. The van der Waals surface area contributed by atoms with E-state index in [9.17, 15) is 19.2 Å². The molecule has 0 heterocycles. The molecule has 2 aromatic rings. The first-order chi connectivity index (χ1) is 15.9. The van der Waals surface area contributed by atoms with Crippen LogP contribution in [0.25, 0.3) is 0 Å². The number of rotatable bonds is 10. The van der Waals surface area contributed by atoms with Gasteiger partial charge in [-0.2, -0.15) is 0 Å². The molecular weight excluding hydrogens is 430 g/mol. The largest absolute Gasteiger partial charge is 0.467 e. The highest BCUT2D eigenvalue weighted by Gasteiger charge is 2.24. The summed E-state index contributed by atoms with van der Waals surface area (Å²) in [5.74, 6) is -1.28. The van der Waals surface area contributed by atoms with Crippen LogP contribution in [0.5, 0.6) is 0 Å². The molecule has 3 amide bonds. The predicted molar refractivity (Wildman–Crippen MR) is 118 cm³/mol. The lowest BCUT2D eigenvalue weighted by molar-refractivity contribution is -0.143. The van der Waals surface area contributed by atoms with Crippen molar-refractivity contribution in [1.29, 1.82) is 0 Å². The summed E-state index contributed by atoms with van der Waals surface area (Å²) in [5, 5.41) is 7.43. The molecule has 0 aliphatic heterocycles. The van der Waals surface area contributed by atoms with Gasteiger partial charge in [0.05, 0.1) is 13.7 Å². The van der Waals surface area contributed by atoms with E-state index < -0.39 is 30.1 Å². The van der Waals surface area contributed by atoms with Crippen LogP contribution in [0.4, 0.5) is 9.59 Å². The minimum Gasteiger partial charge on any atom is -0.467 e. The van der Waals surface area contributed by atoms with Gasteiger partial charge in [0, 0.05) is 6.54 Å². The van der Waals surface area contributed by atoms with Crippen LogP contribution in [0.15, 0.2) is 54.6 Å². The summed E-state index contributed by atoms with van der Waals surface area (Å²) in [6.07, 6.45) is -0.560. The van der Waals surface area contributed by atoms with Crippen LogP contribution < -0.4 is 16.0 Å². The van der Waals surface area contributed by atoms with Crippen molar-refractivity contribution in [2.24, 2.45) is 0 Å². The minimum atomic E-state index is -1.09. The minimum absolute atomic E-state index is 0.163. The number of hydrogen-bond donors (Lipinski definition) is 3. The first-order valence-corrected chi connectivity index (χ1v) is 10.2. The van der Waals surface area contributed by atoms with E-state index in [1.54, 1.807) is 31.2 Å². The smallest absolute Gasteiger partial charge is 0.407 e. The van der Waals surface area contributed by atoms with Crippen LogP contribution in [-0.2, 0) is 37.0 Å². The molecule has 0 saturated heterocycles. The van der Waals surface area contributed by atoms with Gasteiger partial charge >= 0.3 is 24.1 Å². The number of ether oxygens (including phenoxy) is 3. The maximum Gasteiger partial charge on any atom is 0.407 e. The summed E-state index contributed by atoms with van der Waals surface area (Å²) in [7, 11) is 1.20. The number of hydrogen-bond acceptors (Lipinski definition) is 7. The van der Waals surface area contributed by atoms with Crippen molar-refractivity contribution in [3.05, 3.63) is 71.3 Å². The number of esters is 2. The highest BCUT2D eigenvalue weighted by Crippen LogP contribution is 2.16. The van der Waals surface area contributed by atoms with Gasteiger partial charge in [0.2, 0.25) is 0 Å². The Morgan fingerprint density at radius 1 is 0.879 bits per heavy atom. The number of methoxy groups -OCH3 is 1. The highest BCUT2D eigenvalue weighted by atomic mass is 16.5. The summed E-state index contributed by atoms with van der Waals surface area (Å²) in [6, 6.07) is 14.1. The molecule has 10 heteroatoms. The van der Waals surface area contributed by atoms with E-state index >= 15 is 0 Å². The summed E-state index contributed by atoms with van der Waals surface area (Å²) in [4.78, 5) is 47.5. The van der Waals surface area contributed by atoms with Gasteiger partial charge in [-0.25, -0.2) is 14.4 Å². The van der Waals surface area contributed by atoms with E-state index in [4.69, 9.17) is 14.2 Å². The quantitative estimate of drug-likeness (QED) is 0.368. The van der Waals surface area contributed by atoms with Gasteiger partial charge in [0.25, 0.3) is 0 Å².